The van der Waals surface area contributed by atoms with Crippen molar-refractivity contribution in [3.63, 3.8) is 0 Å². The molecule has 0 aliphatic carbocycles. The molecule has 2 aromatic carbocycles. The maximum atomic E-state index is 12.5. The van der Waals surface area contributed by atoms with E-state index in [9.17, 15) is 10.1 Å². The quantitative estimate of drug-likeness (QED) is 0.371. The molecule has 1 amide bonds. The first-order valence-electron chi connectivity index (χ1n) is 9.80. The Morgan fingerprint density at radius 2 is 2.00 bits per heavy atom. The lowest BCUT2D eigenvalue weighted by Gasteiger charge is -2.11. The number of aromatic nitrogens is 1. The molecule has 1 N–H and O–H groups in total. The summed E-state index contributed by atoms with van der Waals surface area (Å²) in [7, 11) is 0. The molecule has 0 saturated carbocycles. The molecule has 1 heterocycles. The second-order valence-electron chi connectivity index (χ2n) is 7.29. The van der Waals surface area contributed by atoms with Crippen LogP contribution in [0.3, 0.4) is 0 Å². The average molecular weight is 440 g/mol. The van der Waals surface area contributed by atoms with Gasteiger partial charge in [-0.15, -0.1) is 0 Å². The number of para-hydroxylation sites is 1. The van der Waals surface area contributed by atoms with Gasteiger partial charge in [0, 0.05) is 44.8 Å². The van der Waals surface area contributed by atoms with Crippen molar-refractivity contribution >= 4 is 46.1 Å². The van der Waals surface area contributed by atoms with E-state index in [-0.39, 0.29) is 17.5 Å². The molecule has 0 fully saturated rings. The van der Waals surface area contributed by atoms with Gasteiger partial charge in [0.2, 0.25) is 0 Å². The first kappa shape index (κ1) is 22.0. The molecule has 30 heavy (non-hydrogen) atoms. The molecule has 1 atom stereocenters. The third-order valence-electron chi connectivity index (χ3n) is 5.27. The molecule has 3 aromatic rings. The number of rotatable bonds is 6. The maximum absolute atomic E-state index is 12.5. The Balaban J connectivity index is 2.09. The minimum absolute atomic E-state index is 0.00346. The molecule has 0 radical (unpaired) electrons. The lowest BCUT2D eigenvalue weighted by molar-refractivity contribution is -0.117. The Labute approximate surface area is 186 Å². The van der Waals surface area contributed by atoms with Crippen LogP contribution in [-0.2, 0) is 11.3 Å². The highest BCUT2D eigenvalue weighted by Gasteiger charge is 2.17. The monoisotopic (exact) mass is 439 g/mol. The lowest BCUT2D eigenvalue weighted by atomic mass is 10.1. The van der Waals surface area contributed by atoms with E-state index in [0.717, 1.165) is 34.1 Å². The van der Waals surface area contributed by atoms with Crippen LogP contribution in [-0.4, -0.2) is 16.5 Å². The van der Waals surface area contributed by atoms with Gasteiger partial charge in [-0.2, -0.15) is 5.26 Å². The number of fused-ring (bicyclic) bond motifs is 1. The number of hydrogen-bond donors (Lipinski definition) is 1. The van der Waals surface area contributed by atoms with Crippen molar-refractivity contribution in [2.75, 3.05) is 0 Å². The van der Waals surface area contributed by atoms with Crippen molar-refractivity contribution in [3.8, 4) is 6.07 Å². The van der Waals surface area contributed by atoms with Crippen LogP contribution in [0.2, 0.25) is 10.0 Å². The summed E-state index contributed by atoms with van der Waals surface area (Å²) in [4.78, 5) is 12.5. The largest absolute Gasteiger partial charge is 0.349 e. The van der Waals surface area contributed by atoms with Gasteiger partial charge in [-0.3, -0.25) is 4.79 Å². The summed E-state index contributed by atoms with van der Waals surface area (Å²) in [6.07, 6.45) is 2.47. The number of hydrogen-bond acceptors (Lipinski definition) is 2. The number of nitriles is 1. The van der Waals surface area contributed by atoms with E-state index in [1.165, 1.54) is 0 Å². The Morgan fingerprint density at radius 3 is 2.67 bits per heavy atom. The molecule has 6 heteroatoms. The van der Waals surface area contributed by atoms with Gasteiger partial charge in [0.25, 0.3) is 5.91 Å². The van der Waals surface area contributed by atoms with Crippen LogP contribution in [0.1, 0.15) is 37.1 Å². The number of halogens is 2. The number of benzene rings is 2. The standard InChI is InChI=1S/C24H23Cl2N3O/c1-4-15(2)28-24(30)18(13-27)11-21-16(3)29(23-8-6-5-7-20(21)23)14-17-9-10-19(25)12-22(17)26/h5-12,15H,4,14H2,1-3H3,(H,28,30)/b18-11+/t15-/m0/s1. The molecule has 154 valence electrons. The zero-order valence-electron chi connectivity index (χ0n) is 17.2. The van der Waals surface area contributed by atoms with Gasteiger partial charge in [-0.25, -0.2) is 0 Å². The Kier molecular flexibility index (Phi) is 6.87. The van der Waals surface area contributed by atoms with Gasteiger partial charge in [0.15, 0.2) is 0 Å². The molecular formula is C24H23Cl2N3O. The van der Waals surface area contributed by atoms with Gasteiger partial charge in [-0.05, 0) is 50.1 Å². The Bertz CT molecular complexity index is 1170. The zero-order valence-corrected chi connectivity index (χ0v) is 18.7. The van der Waals surface area contributed by atoms with Crippen molar-refractivity contribution in [2.24, 2.45) is 0 Å². The second-order valence-corrected chi connectivity index (χ2v) is 8.13. The van der Waals surface area contributed by atoms with E-state index in [1.807, 2.05) is 57.2 Å². The first-order valence-corrected chi connectivity index (χ1v) is 10.6. The van der Waals surface area contributed by atoms with E-state index < -0.39 is 0 Å². The smallest absolute Gasteiger partial charge is 0.262 e. The SMILES string of the molecule is CC[C@H](C)NC(=O)/C(C#N)=C/c1c(C)n(Cc2ccc(Cl)cc2Cl)c2ccccc12. The van der Waals surface area contributed by atoms with Crippen LogP contribution in [0, 0.1) is 18.3 Å². The minimum atomic E-state index is -0.358. The predicted octanol–water partition coefficient (Wildman–Crippen LogP) is 6.13. The third kappa shape index (κ3) is 4.53. The van der Waals surface area contributed by atoms with Crippen LogP contribution in [0.5, 0.6) is 0 Å². The third-order valence-corrected chi connectivity index (χ3v) is 5.85. The maximum Gasteiger partial charge on any atom is 0.262 e. The summed E-state index contributed by atoms with van der Waals surface area (Å²) in [6.45, 7) is 6.44. The summed E-state index contributed by atoms with van der Waals surface area (Å²) >= 11 is 12.4. The van der Waals surface area contributed by atoms with E-state index in [4.69, 9.17) is 23.2 Å². The fraction of sp³-hybridized carbons (Fsp3) is 0.250. The predicted molar refractivity (Wildman–Crippen MR) is 124 cm³/mol. The first-order chi connectivity index (χ1) is 14.3. The van der Waals surface area contributed by atoms with Crippen molar-refractivity contribution < 1.29 is 4.79 Å². The number of amides is 1. The molecule has 3 rings (SSSR count). The number of carbonyl (C=O) groups excluding carboxylic acids is 1. The fourth-order valence-electron chi connectivity index (χ4n) is 3.36. The van der Waals surface area contributed by atoms with Crippen LogP contribution >= 0.6 is 23.2 Å². The van der Waals surface area contributed by atoms with Crippen LogP contribution in [0.25, 0.3) is 17.0 Å². The van der Waals surface area contributed by atoms with Crippen LogP contribution in [0.4, 0.5) is 0 Å². The molecule has 0 aliphatic heterocycles. The summed E-state index contributed by atoms with van der Waals surface area (Å²) in [5, 5.41) is 14.6. The minimum Gasteiger partial charge on any atom is -0.349 e. The van der Waals surface area contributed by atoms with Crippen molar-refractivity contribution in [2.45, 2.75) is 39.8 Å². The highest BCUT2D eigenvalue weighted by Crippen LogP contribution is 2.30. The average Bonchev–Trinajstić information content (AvgIpc) is 2.99. The highest BCUT2D eigenvalue weighted by atomic mass is 35.5. The molecule has 0 bridgehead atoms. The summed E-state index contributed by atoms with van der Waals surface area (Å²) in [5.74, 6) is -0.358. The zero-order chi connectivity index (χ0) is 21.8. The normalized spacial score (nSPS) is 12.6. The molecule has 0 spiro atoms. The second kappa shape index (κ2) is 9.38. The van der Waals surface area contributed by atoms with Crippen LogP contribution in [0.15, 0.2) is 48.0 Å². The molecule has 4 nitrogen and oxygen atoms in total. The van der Waals surface area contributed by atoms with E-state index in [1.54, 1.807) is 12.1 Å². The Morgan fingerprint density at radius 1 is 1.27 bits per heavy atom. The fourth-order valence-corrected chi connectivity index (χ4v) is 3.83. The molecule has 1 aromatic heterocycles. The van der Waals surface area contributed by atoms with Gasteiger partial charge >= 0.3 is 0 Å². The van der Waals surface area contributed by atoms with Gasteiger partial charge < -0.3 is 9.88 Å². The summed E-state index contributed by atoms with van der Waals surface area (Å²) < 4.78 is 2.14. The highest BCUT2D eigenvalue weighted by molar-refractivity contribution is 6.35. The van der Waals surface area contributed by atoms with E-state index in [2.05, 4.69) is 16.0 Å². The van der Waals surface area contributed by atoms with E-state index >= 15 is 0 Å². The van der Waals surface area contributed by atoms with Crippen molar-refractivity contribution in [1.82, 2.24) is 9.88 Å². The number of nitrogens with one attached hydrogen (secondary N) is 1. The molecule has 0 aliphatic rings. The van der Waals surface area contributed by atoms with Gasteiger partial charge in [-0.1, -0.05) is 54.4 Å². The molecular weight excluding hydrogens is 417 g/mol. The number of nitrogens with zero attached hydrogens (tertiary/aromatic N) is 2. The molecule has 0 saturated heterocycles. The topological polar surface area (TPSA) is 57.8 Å². The summed E-state index contributed by atoms with van der Waals surface area (Å²) in [6, 6.07) is 15.4. The summed E-state index contributed by atoms with van der Waals surface area (Å²) in [5.41, 5.74) is 3.84. The van der Waals surface area contributed by atoms with E-state index in [0.29, 0.717) is 16.6 Å². The lowest BCUT2D eigenvalue weighted by Crippen LogP contribution is -2.32. The van der Waals surface area contributed by atoms with Crippen molar-refractivity contribution in [1.29, 1.82) is 5.26 Å². The van der Waals surface area contributed by atoms with Crippen molar-refractivity contribution in [3.05, 3.63) is 74.9 Å². The van der Waals surface area contributed by atoms with Gasteiger partial charge in [0.1, 0.15) is 11.6 Å². The van der Waals surface area contributed by atoms with Gasteiger partial charge in [0.05, 0.1) is 0 Å². The number of carbonyl (C=O) groups is 1. The molecule has 0 unspecified atom stereocenters. The van der Waals surface area contributed by atoms with Crippen LogP contribution < -0.4 is 5.32 Å². The Hall–Kier alpha value is -2.74.